The summed E-state index contributed by atoms with van der Waals surface area (Å²) in [5.74, 6) is 0. The summed E-state index contributed by atoms with van der Waals surface area (Å²) < 4.78 is 0.945. The first kappa shape index (κ1) is 12.0. The van der Waals surface area contributed by atoms with Crippen molar-refractivity contribution < 1.29 is 0 Å². The first-order valence-electron chi connectivity index (χ1n) is 5.63. The summed E-state index contributed by atoms with van der Waals surface area (Å²) in [6, 6.07) is 10.2. The fourth-order valence-corrected chi connectivity index (χ4v) is 4.52. The lowest BCUT2D eigenvalue weighted by Crippen LogP contribution is -1.81. The van der Waals surface area contributed by atoms with Crippen LogP contribution >= 0.6 is 34.9 Å². The lowest BCUT2D eigenvalue weighted by molar-refractivity contribution is 1.46. The molecule has 1 aromatic carbocycles. The molecule has 1 nitrogen and oxygen atoms in total. The summed E-state index contributed by atoms with van der Waals surface area (Å²) >= 11 is 8.86. The molecule has 0 unspecified atom stereocenters. The van der Waals surface area contributed by atoms with Crippen LogP contribution in [0.2, 0.25) is 0 Å². The van der Waals surface area contributed by atoms with Gasteiger partial charge in [-0.2, -0.15) is 0 Å². The van der Waals surface area contributed by atoms with Crippen molar-refractivity contribution in [2.45, 2.75) is 13.8 Å². The van der Waals surface area contributed by atoms with E-state index in [1.54, 1.807) is 22.7 Å². The Balaban J connectivity index is 2.32. The molecule has 0 saturated carbocycles. The number of hydrogen-bond donors (Lipinski definition) is 0. The van der Waals surface area contributed by atoms with Gasteiger partial charge in [0.15, 0.2) is 0 Å². The minimum atomic E-state index is 0.945. The lowest BCUT2D eigenvalue weighted by atomic mass is 10.2. The molecule has 18 heavy (non-hydrogen) atoms. The monoisotopic (exact) mass is 289 g/mol. The Bertz CT molecular complexity index is 769. The average molecular weight is 289 g/mol. The molecule has 0 radical (unpaired) electrons. The molecule has 0 amide bonds. The molecule has 0 aliphatic heterocycles. The SMILES string of the molecule is Cc1sc2nc(-c3ccccc3)sc(=S)c2c1C. The van der Waals surface area contributed by atoms with E-state index in [0.717, 1.165) is 24.6 Å². The number of fused-ring (bicyclic) bond motifs is 1. The third-order valence-electron chi connectivity index (χ3n) is 2.98. The Morgan fingerprint density at radius 1 is 1.06 bits per heavy atom. The van der Waals surface area contributed by atoms with Gasteiger partial charge in [0.2, 0.25) is 0 Å². The molecule has 3 rings (SSSR count). The van der Waals surface area contributed by atoms with E-state index in [4.69, 9.17) is 17.2 Å². The van der Waals surface area contributed by atoms with Crippen LogP contribution in [0.1, 0.15) is 10.4 Å². The quantitative estimate of drug-likeness (QED) is 0.558. The summed E-state index contributed by atoms with van der Waals surface area (Å²) in [6.45, 7) is 4.25. The number of hydrogen-bond acceptors (Lipinski definition) is 4. The van der Waals surface area contributed by atoms with Crippen molar-refractivity contribution in [3.8, 4) is 10.6 Å². The van der Waals surface area contributed by atoms with E-state index < -0.39 is 0 Å². The van der Waals surface area contributed by atoms with E-state index in [0.29, 0.717) is 0 Å². The van der Waals surface area contributed by atoms with E-state index in [9.17, 15) is 0 Å². The van der Waals surface area contributed by atoms with Crippen LogP contribution in [0.3, 0.4) is 0 Å². The van der Waals surface area contributed by atoms with Crippen molar-refractivity contribution in [1.82, 2.24) is 4.98 Å². The largest absolute Gasteiger partial charge is 0.226 e. The van der Waals surface area contributed by atoms with Gasteiger partial charge in [0.25, 0.3) is 0 Å². The molecule has 0 N–H and O–H groups in total. The molecule has 0 fully saturated rings. The maximum atomic E-state index is 5.53. The third-order valence-corrected chi connectivity index (χ3v) is 5.45. The number of rotatable bonds is 1. The van der Waals surface area contributed by atoms with Crippen LogP contribution in [-0.4, -0.2) is 4.98 Å². The summed E-state index contributed by atoms with van der Waals surface area (Å²) in [5, 5.41) is 2.17. The standard InChI is InChI=1S/C14H11NS3/c1-8-9(2)17-13-11(8)14(16)18-12(15-13)10-6-4-3-5-7-10/h3-7H,1-2H3. The van der Waals surface area contributed by atoms with Crippen molar-refractivity contribution in [3.63, 3.8) is 0 Å². The molecule has 0 saturated heterocycles. The molecule has 2 aromatic heterocycles. The van der Waals surface area contributed by atoms with Crippen LogP contribution in [0.25, 0.3) is 20.8 Å². The summed E-state index contributed by atoms with van der Waals surface area (Å²) in [7, 11) is 0. The van der Waals surface area contributed by atoms with Crippen molar-refractivity contribution in [2.75, 3.05) is 0 Å². The first-order chi connectivity index (χ1) is 8.66. The Morgan fingerprint density at radius 2 is 1.78 bits per heavy atom. The maximum absolute atomic E-state index is 5.53. The highest BCUT2D eigenvalue weighted by molar-refractivity contribution is 7.74. The Labute approximate surface area is 119 Å². The highest BCUT2D eigenvalue weighted by atomic mass is 32.1. The van der Waals surface area contributed by atoms with Crippen molar-refractivity contribution >= 4 is 45.1 Å². The van der Waals surface area contributed by atoms with Gasteiger partial charge >= 0.3 is 0 Å². The minimum Gasteiger partial charge on any atom is -0.226 e. The Morgan fingerprint density at radius 3 is 2.50 bits per heavy atom. The molecule has 0 aliphatic carbocycles. The molecule has 0 spiro atoms. The van der Waals surface area contributed by atoms with E-state index >= 15 is 0 Å². The van der Waals surface area contributed by atoms with Gasteiger partial charge in [-0.3, -0.25) is 0 Å². The van der Waals surface area contributed by atoms with Gasteiger partial charge in [0.05, 0.1) is 0 Å². The summed E-state index contributed by atoms with van der Waals surface area (Å²) in [5.41, 5.74) is 2.42. The number of aromatic nitrogens is 1. The highest BCUT2D eigenvalue weighted by Gasteiger charge is 2.10. The topological polar surface area (TPSA) is 12.9 Å². The number of nitrogens with zero attached hydrogens (tertiary/aromatic N) is 1. The summed E-state index contributed by atoms with van der Waals surface area (Å²) in [6.07, 6.45) is 0. The molecular formula is C14H11NS3. The zero-order valence-corrected chi connectivity index (χ0v) is 12.5. The van der Waals surface area contributed by atoms with Crippen LogP contribution < -0.4 is 0 Å². The van der Waals surface area contributed by atoms with Crippen LogP contribution in [0, 0.1) is 17.7 Å². The van der Waals surface area contributed by atoms with Gasteiger partial charge in [-0.25, -0.2) is 4.98 Å². The molecule has 0 atom stereocenters. The molecular weight excluding hydrogens is 278 g/mol. The molecule has 0 bridgehead atoms. The predicted molar refractivity (Wildman–Crippen MR) is 83.2 cm³/mol. The van der Waals surface area contributed by atoms with Gasteiger partial charge in [-0.15, -0.1) is 22.7 Å². The van der Waals surface area contributed by atoms with Gasteiger partial charge in [0, 0.05) is 15.8 Å². The zero-order valence-electron chi connectivity index (χ0n) is 10.1. The van der Waals surface area contributed by atoms with Crippen LogP contribution in [0.5, 0.6) is 0 Å². The fourth-order valence-electron chi connectivity index (χ4n) is 1.89. The third kappa shape index (κ3) is 1.90. The lowest BCUT2D eigenvalue weighted by Gasteiger charge is -2.00. The van der Waals surface area contributed by atoms with Crippen molar-refractivity contribution in [2.24, 2.45) is 0 Å². The van der Waals surface area contributed by atoms with Gasteiger partial charge in [0.1, 0.15) is 13.7 Å². The maximum Gasteiger partial charge on any atom is 0.127 e. The number of aryl methyl sites for hydroxylation is 2. The first-order valence-corrected chi connectivity index (χ1v) is 7.67. The van der Waals surface area contributed by atoms with Crippen LogP contribution in [0.15, 0.2) is 30.3 Å². The highest BCUT2D eigenvalue weighted by Crippen LogP contribution is 2.34. The van der Waals surface area contributed by atoms with Gasteiger partial charge < -0.3 is 0 Å². The number of benzene rings is 1. The van der Waals surface area contributed by atoms with Gasteiger partial charge in [-0.05, 0) is 19.4 Å². The zero-order chi connectivity index (χ0) is 12.7. The smallest absolute Gasteiger partial charge is 0.127 e. The summed E-state index contributed by atoms with van der Waals surface area (Å²) in [4.78, 5) is 7.13. The Hall–Kier alpha value is -1.10. The number of thiophene rings is 1. The van der Waals surface area contributed by atoms with Crippen LogP contribution in [-0.2, 0) is 0 Å². The van der Waals surface area contributed by atoms with E-state index in [1.165, 1.54) is 10.4 Å². The second-order valence-electron chi connectivity index (χ2n) is 4.14. The molecule has 90 valence electrons. The molecule has 2 heterocycles. The second-order valence-corrected chi connectivity index (χ2v) is 7.00. The molecule has 3 aromatic rings. The van der Waals surface area contributed by atoms with Crippen molar-refractivity contribution in [1.29, 1.82) is 0 Å². The minimum absolute atomic E-state index is 0.945. The van der Waals surface area contributed by atoms with Crippen molar-refractivity contribution in [3.05, 3.63) is 44.6 Å². The van der Waals surface area contributed by atoms with Gasteiger partial charge in [-0.1, -0.05) is 42.5 Å². The van der Waals surface area contributed by atoms with E-state index in [2.05, 4.69) is 26.0 Å². The van der Waals surface area contributed by atoms with Crippen LogP contribution in [0.4, 0.5) is 0 Å². The van der Waals surface area contributed by atoms with E-state index in [-0.39, 0.29) is 0 Å². The molecule has 0 aliphatic rings. The molecule has 4 heteroatoms. The Kier molecular flexibility index (Phi) is 3.01. The average Bonchev–Trinajstić information content (AvgIpc) is 2.66. The predicted octanol–water partition coefficient (Wildman–Crippen LogP) is 5.37. The van der Waals surface area contributed by atoms with E-state index in [1.807, 2.05) is 18.2 Å². The fraction of sp³-hybridized carbons (Fsp3) is 0.143. The normalized spacial score (nSPS) is 11.0. The second kappa shape index (κ2) is 4.53.